The molecule has 0 unspecified atom stereocenters. The Labute approximate surface area is 143 Å². The Morgan fingerprint density at radius 1 is 1.39 bits per heavy atom. The molecule has 7 heteroatoms. The molecular formula is C16H18N2O3S2. The van der Waals surface area contributed by atoms with Crippen molar-refractivity contribution in [2.75, 3.05) is 11.5 Å². The van der Waals surface area contributed by atoms with Crippen molar-refractivity contribution >= 4 is 35.0 Å². The van der Waals surface area contributed by atoms with Crippen LogP contribution in [0.5, 0.6) is 0 Å². The third-order valence-corrected chi connectivity index (χ3v) is 5.02. The van der Waals surface area contributed by atoms with E-state index in [2.05, 4.69) is 17.2 Å². The third kappa shape index (κ3) is 5.37. The van der Waals surface area contributed by atoms with Crippen LogP contribution >= 0.6 is 23.1 Å². The number of aromatic carboxylic acids is 1. The van der Waals surface area contributed by atoms with E-state index in [1.54, 1.807) is 11.8 Å². The lowest BCUT2D eigenvalue weighted by molar-refractivity contribution is -0.118. The summed E-state index contributed by atoms with van der Waals surface area (Å²) in [4.78, 5) is 26.7. The van der Waals surface area contributed by atoms with Crippen LogP contribution in [-0.2, 0) is 11.3 Å². The molecule has 0 atom stereocenters. The molecule has 2 N–H and O–H groups in total. The maximum atomic E-state index is 11.7. The van der Waals surface area contributed by atoms with E-state index in [1.165, 1.54) is 16.7 Å². The highest BCUT2D eigenvalue weighted by Gasteiger charge is 2.10. The van der Waals surface area contributed by atoms with Crippen molar-refractivity contribution in [2.45, 2.75) is 19.9 Å². The highest BCUT2D eigenvalue weighted by molar-refractivity contribution is 7.99. The van der Waals surface area contributed by atoms with Gasteiger partial charge in [0.15, 0.2) is 5.69 Å². The van der Waals surface area contributed by atoms with Gasteiger partial charge in [-0.3, -0.25) is 4.79 Å². The molecule has 1 heterocycles. The highest BCUT2D eigenvalue weighted by atomic mass is 32.2. The van der Waals surface area contributed by atoms with Gasteiger partial charge in [0.25, 0.3) is 0 Å². The van der Waals surface area contributed by atoms with Crippen molar-refractivity contribution < 1.29 is 14.7 Å². The zero-order chi connectivity index (χ0) is 16.7. The van der Waals surface area contributed by atoms with Gasteiger partial charge in [-0.15, -0.1) is 11.3 Å². The third-order valence-electron chi connectivity index (χ3n) is 2.97. The normalized spacial score (nSPS) is 10.5. The number of aromatic nitrogens is 1. The van der Waals surface area contributed by atoms with Crippen LogP contribution in [0.15, 0.2) is 29.6 Å². The van der Waals surface area contributed by atoms with Gasteiger partial charge in [-0.25, -0.2) is 9.78 Å². The van der Waals surface area contributed by atoms with Gasteiger partial charge in [-0.1, -0.05) is 25.1 Å². The predicted molar refractivity (Wildman–Crippen MR) is 94.0 cm³/mol. The van der Waals surface area contributed by atoms with E-state index in [1.807, 2.05) is 24.3 Å². The molecule has 0 aliphatic carbocycles. The van der Waals surface area contributed by atoms with Gasteiger partial charge in [0, 0.05) is 17.5 Å². The van der Waals surface area contributed by atoms with Crippen LogP contribution in [0.2, 0.25) is 0 Å². The van der Waals surface area contributed by atoms with Gasteiger partial charge in [-0.2, -0.15) is 11.8 Å². The smallest absolute Gasteiger partial charge is 0.355 e. The minimum absolute atomic E-state index is 0.0243. The largest absolute Gasteiger partial charge is 0.476 e. The number of nitrogens with one attached hydrogen (secondary N) is 1. The molecule has 0 saturated carbocycles. The molecule has 122 valence electrons. The van der Waals surface area contributed by atoms with Crippen LogP contribution in [0.1, 0.15) is 29.4 Å². The average molecular weight is 350 g/mol. The molecule has 1 aromatic heterocycles. The molecule has 0 spiro atoms. The SMILES string of the molecule is CCCSCC(=O)NCc1cccc(-c2nc(C(=O)O)cs2)c1. The lowest BCUT2D eigenvalue weighted by atomic mass is 10.1. The maximum Gasteiger partial charge on any atom is 0.355 e. The summed E-state index contributed by atoms with van der Waals surface area (Å²) >= 11 is 2.92. The average Bonchev–Trinajstić information content (AvgIpc) is 3.04. The van der Waals surface area contributed by atoms with Crippen LogP contribution in [-0.4, -0.2) is 33.5 Å². The van der Waals surface area contributed by atoms with Crippen molar-refractivity contribution in [1.82, 2.24) is 10.3 Å². The Kier molecular flexibility index (Phi) is 6.61. The summed E-state index contributed by atoms with van der Waals surface area (Å²) in [6.45, 7) is 2.54. The first-order valence-corrected chi connectivity index (χ1v) is 9.26. The molecule has 0 aliphatic rings. The van der Waals surface area contributed by atoms with E-state index in [-0.39, 0.29) is 11.6 Å². The predicted octanol–water partition coefficient (Wildman–Crippen LogP) is 3.27. The Morgan fingerprint density at radius 3 is 2.91 bits per heavy atom. The summed E-state index contributed by atoms with van der Waals surface area (Å²) in [6.07, 6.45) is 1.06. The summed E-state index contributed by atoms with van der Waals surface area (Å²) in [5.74, 6) is 0.456. The van der Waals surface area contributed by atoms with Crippen molar-refractivity contribution in [3.05, 3.63) is 40.9 Å². The van der Waals surface area contributed by atoms with Gasteiger partial charge in [0.2, 0.25) is 5.91 Å². The van der Waals surface area contributed by atoms with Crippen LogP contribution < -0.4 is 5.32 Å². The van der Waals surface area contributed by atoms with Crippen LogP contribution in [0.4, 0.5) is 0 Å². The number of thioether (sulfide) groups is 1. The Morgan fingerprint density at radius 2 is 2.22 bits per heavy atom. The van der Waals surface area contributed by atoms with Crippen LogP contribution in [0.25, 0.3) is 10.6 Å². The van der Waals surface area contributed by atoms with Crippen molar-refractivity contribution in [3.8, 4) is 10.6 Å². The number of thiazole rings is 1. The minimum atomic E-state index is -1.03. The standard InChI is InChI=1S/C16H18N2O3S2/c1-2-6-22-10-14(19)17-8-11-4-3-5-12(7-11)15-18-13(9-23-15)16(20)21/h3-5,7,9H,2,6,8,10H2,1H3,(H,17,19)(H,20,21). The number of hydrogen-bond donors (Lipinski definition) is 2. The fourth-order valence-electron chi connectivity index (χ4n) is 1.88. The summed E-state index contributed by atoms with van der Waals surface area (Å²) in [6, 6.07) is 7.61. The number of carboxylic acids is 1. The van der Waals surface area contributed by atoms with E-state index in [0.29, 0.717) is 17.3 Å². The number of benzene rings is 1. The quantitative estimate of drug-likeness (QED) is 0.714. The summed E-state index contributed by atoms with van der Waals surface area (Å²) < 4.78 is 0. The molecule has 0 fully saturated rings. The molecule has 0 saturated heterocycles. The first-order valence-electron chi connectivity index (χ1n) is 7.22. The first-order chi connectivity index (χ1) is 11.1. The molecule has 0 aliphatic heterocycles. The lowest BCUT2D eigenvalue weighted by Gasteiger charge is -2.06. The zero-order valence-corrected chi connectivity index (χ0v) is 14.4. The Balaban J connectivity index is 1.96. The van der Waals surface area contributed by atoms with E-state index in [9.17, 15) is 9.59 Å². The van der Waals surface area contributed by atoms with Crippen LogP contribution in [0.3, 0.4) is 0 Å². The molecule has 1 aromatic carbocycles. The van der Waals surface area contributed by atoms with Gasteiger partial charge in [-0.05, 0) is 23.8 Å². The second-order valence-electron chi connectivity index (χ2n) is 4.87. The number of hydrogen-bond acceptors (Lipinski definition) is 5. The van der Waals surface area contributed by atoms with Gasteiger partial charge in [0.1, 0.15) is 5.01 Å². The Bertz CT molecular complexity index is 685. The topological polar surface area (TPSA) is 79.3 Å². The summed E-state index contributed by atoms with van der Waals surface area (Å²) in [7, 11) is 0. The van der Waals surface area contributed by atoms with Gasteiger partial charge < -0.3 is 10.4 Å². The van der Waals surface area contributed by atoms with E-state index >= 15 is 0 Å². The van der Waals surface area contributed by atoms with E-state index < -0.39 is 5.97 Å². The summed E-state index contributed by atoms with van der Waals surface area (Å²) in [5.41, 5.74) is 1.87. The first kappa shape index (κ1) is 17.5. The fraction of sp³-hybridized carbons (Fsp3) is 0.312. The molecule has 2 rings (SSSR count). The van der Waals surface area contributed by atoms with Crippen molar-refractivity contribution in [2.24, 2.45) is 0 Å². The molecule has 2 aromatic rings. The minimum Gasteiger partial charge on any atom is -0.476 e. The molecule has 23 heavy (non-hydrogen) atoms. The second-order valence-corrected chi connectivity index (χ2v) is 6.84. The van der Waals surface area contributed by atoms with E-state index in [4.69, 9.17) is 5.11 Å². The lowest BCUT2D eigenvalue weighted by Crippen LogP contribution is -2.24. The number of carbonyl (C=O) groups excluding carboxylic acids is 1. The summed E-state index contributed by atoms with van der Waals surface area (Å²) in [5, 5.41) is 14.0. The number of rotatable bonds is 8. The molecule has 5 nitrogen and oxygen atoms in total. The molecular weight excluding hydrogens is 332 g/mol. The van der Waals surface area contributed by atoms with Crippen molar-refractivity contribution in [1.29, 1.82) is 0 Å². The molecule has 1 amide bonds. The number of amides is 1. The van der Waals surface area contributed by atoms with Gasteiger partial charge in [0.05, 0.1) is 5.75 Å². The Hall–Kier alpha value is -1.86. The molecule has 0 radical (unpaired) electrons. The van der Waals surface area contributed by atoms with E-state index in [0.717, 1.165) is 23.3 Å². The number of nitrogens with zero attached hydrogens (tertiary/aromatic N) is 1. The van der Waals surface area contributed by atoms with Gasteiger partial charge >= 0.3 is 5.97 Å². The number of carbonyl (C=O) groups is 2. The highest BCUT2D eigenvalue weighted by Crippen LogP contribution is 2.24. The fourth-order valence-corrected chi connectivity index (χ4v) is 3.39. The number of carboxylic acid groups (broad SMARTS) is 1. The maximum absolute atomic E-state index is 11.7. The zero-order valence-electron chi connectivity index (χ0n) is 12.7. The molecule has 0 bridgehead atoms. The van der Waals surface area contributed by atoms with Crippen molar-refractivity contribution in [3.63, 3.8) is 0 Å². The monoisotopic (exact) mass is 350 g/mol. The van der Waals surface area contributed by atoms with Crippen LogP contribution in [0, 0.1) is 0 Å². The second kappa shape index (κ2) is 8.69.